The van der Waals surface area contributed by atoms with Gasteiger partial charge >= 0.3 is 0 Å². The second kappa shape index (κ2) is 6.31. The Labute approximate surface area is 146 Å². The minimum Gasteiger partial charge on any atom is -0.329 e. The number of piperidine rings is 1. The van der Waals surface area contributed by atoms with Gasteiger partial charge in [-0.15, -0.1) is 0 Å². The van der Waals surface area contributed by atoms with Gasteiger partial charge < -0.3 is 4.90 Å². The van der Waals surface area contributed by atoms with E-state index >= 15 is 0 Å². The second-order valence-electron chi connectivity index (χ2n) is 6.75. The molecular weight excluding hydrogens is 316 g/mol. The van der Waals surface area contributed by atoms with Crippen LogP contribution in [0.1, 0.15) is 61.4 Å². The minimum atomic E-state index is -0.00309. The molecule has 1 atom stereocenters. The molecule has 25 heavy (non-hydrogen) atoms. The van der Waals surface area contributed by atoms with Crippen LogP contribution in [0.4, 0.5) is 0 Å². The Morgan fingerprint density at radius 1 is 1.16 bits per heavy atom. The number of hydrogen-bond acceptors (Lipinski definition) is 4. The Hall–Kier alpha value is -2.70. The van der Waals surface area contributed by atoms with Gasteiger partial charge in [-0.25, -0.2) is 9.50 Å². The third kappa shape index (κ3) is 2.79. The van der Waals surface area contributed by atoms with E-state index in [-0.39, 0.29) is 18.0 Å². The van der Waals surface area contributed by atoms with Crippen LogP contribution in [0.3, 0.4) is 0 Å². The van der Waals surface area contributed by atoms with E-state index in [1.807, 2.05) is 43.1 Å². The maximum absolute atomic E-state index is 13.2. The molecule has 3 aromatic heterocycles. The van der Waals surface area contributed by atoms with Gasteiger partial charge in [0.2, 0.25) is 0 Å². The molecule has 1 unspecified atom stereocenters. The lowest BCUT2D eigenvalue weighted by Crippen LogP contribution is -2.40. The summed E-state index contributed by atoms with van der Waals surface area (Å²) in [5, 5.41) is 8.50. The fourth-order valence-corrected chi connectivity index (χ4v) is 3.54. The predicted molar refractivity (Wildman–Crippen MR) is 93.2 cm³/mol. The Morgan fingerprint density at radius 2 is 2.00 bits per heavy atom. The van der Waals surface area contributed by atoms with E-state index in [9.17, 15) is 4.79 Å². The van der Waals surface area contributed by atoms with Gasteiger partial charge in [-0.05, 0) is 45.2 Å². The van der Waals surface area contributed by atoms with Crippen molar-refractivity contribution in [2.45, 2.75) is 45.2 Å². The molecule has 0 aliphatic carbocycles. The Kier molecular flexibility index (Phi) is 3.99. The van der Waals surface area contributed by atoms with Gasteiger partial charge in [-0.3, -0.25) is 9.48 Å². The third-order valence-corrected chi connectivity index (χ3v) is 4.76. The van der Waals surface area contributed by atoms with Gasteiger partial charge in [0.05, 0.1) is 17.9 Å². The molecule has 0 spiro atoms. The molecule has 0 saturated carbocycles. The number of likely N-dealkylation sites (tertiary alicyclic amines) is 1. The van der Waals surface area contributed by atoms with Crippen LogP contribution in [-0.2, 0) is 0 Å². The fourth-order valence-electron chi connectivity index (χ4n) is 3.54. The van der Waals surface area contributed by atoms with Crippen molar-refractivity contribution in [3.8, 4) is 0 Å². The van der Waals surface area contributed by atoms with E-state index in [1.54, 1.807) is 21.6 Å². The lowest BCUT2D eigenvalue weighted by atomic mass is 9.98. The molecule has 1 amide bonds. The van der Waals surface area contributed by atoms with E-state index < -0.39 is 0 Å². The van der Waals surface area contributed by atoms with Crippen LogP contribution in [0.5, 0.6) is 0 Å². The number of rotatable bonds is 3. The number of nitrogens with zero attached hydrogens (tertiary/aromatic N) is 6. The monoisotopic (exact) mass is 338 g/mol. The number of hydrogen-bond donors (Lipinski definition) is 0. The van der Waals surface area contributed by atoms with Crippen molar-refractivity contribution in [1.29, 1.82) is 0 Å². The average Bonchev–Trinajstić information content (AvgIpc) is 3.29. The number of aromatic nitrogens is 5. The van der Waals surface area contributed by atoms with Gasteiger partial charge in [0.1, 0.15) is 5.69 Å². The van der Waals surface area contributed by atoms with Crippen LogP contribution in [0, 0.1) is 0 Å². The smallest absolute Gasteiger partial charge is 0.272 e. The van der Waals surface area contributed by atoms with E-state index in [4.69, 9.17) is 4.98 Å². The summed E-state index contributed by atoms with van der Waals surface area (Å²) >= 11 is 0. The molecule has 130 valence electrons. The molecule has 1 fully saturated rings. The maximum Gasteiger partial charge on any atom is 0.272 e. The topological polar surface area (TPSA) is 68.3 Å². The summed E-state index contributed by atoms with van der Waals surface area (Å²) in [6.07, 6.45) is 8.39. The lowest BCUT2D eigenvalue weighted by molar-refractivity contribution is 0.0591. The highest BCUT2D eigenvalue weighted by molar-refractivity contribution is 5.93. The van der Waals surface area contributed by atoms with Crippen molar-refractivity contribution < 1.29 is 4.79 Å². The molecule has 3 aromatic rings. The highest BCUT2D eigenvalue weighted by Crippen LogP contribution is 2.31. The van der Waals surface area contributed by atoms with Crippen LogP contribution in [0.2, 0.25) is 0 Å². The largest absolute Gasteiger partial charge is 0.329 e. The number of fused-ring (bicyclic) bond motifs is 1. The molecule has 1 aliphatic rings. The first-order valence-corrected chi connectivity index (χ1v) is 8.80. The van der Waals surface area contributed by atoms with Gasteiger partial charge in [0, 0.05) is 31.0 Å². The number of amides is 1. The number of carbonyl (C=O) groups excluding carboxylic acids is 1. The highest BCUT2D eigenvalue weighted by Gasteiger charge is 2.31. The van der Waals surface area contributed by atoms with Gasteiger partial charge in [-0.1, -0.05) is 0 Å². The molecule has 4 heterocycles. The van der Waals surface area contributed by atoms with Crippen LogP contribution < -0.4 is 0 Å². The average molecular weight is 338 g/mol. The van der Waals surface area contributed by atoms with Crippen molar-refractivity contribution in [1.82, 2.24) is 29.3 Å². The molecule has 4 rings (SSSR count). The molecule has 0 bridgehead atoms. The first-order chi connectivity index (χ1) is 12.1. The molecule has 1 aliphatic heterocycles. The number of carbonyl (C=O) groups is 1. The normalized spacial score (nSPS) is 18.2. The first-order valence-electron chi connectivity index (χ1n) is 8.80. The Balaban J connectivity index is 1.68. The molecule has 0 N–H and O–H groups in total. The van der Waals surface area contributed by atoms with Crippen molar-refractivity contribution in [2.75, 3.05) is 6.54 Å². The molecule has 7 nitrogen and oxygen atoms in total. The van der Waals surface area contributed by atoms with Crippen molar-refractivity contribution in [3.05, 3.63) is 48.2 Å². The Bertz CT molecular complexity index is 896. The quantitative estimate of drug-likeness (QED) is 0.736. The van der Waals surface area contributed by atoms with E-state index in [0.29, 0.717) is 5.69 Å². The second-order valence-corrected chi connectivity index (χ2v) is 6.75. The van der Waals surface area contributed by atoms with E-state index in [0.717, 1.165) is 37.1 Å². The van der Waals surface area contributed by atoms with Crippen LogP contribution >= 0.6 is 0 Å². The van der Waals surface area contributed by atoms with Gasteiger partial charge in [0.15, 0.2) is 5.65 Å². The standard InChI is InChI=1S/C18H22N6O/c1-13(2)24-16(6-9-20-24)18(25)22-11-4-3-5-15(22)14-8-12-23-17(21-14)7-10-19-23/h6-10,12-13,15H,3-5,11H2,1-2H3. The van der Waals surface area contributed by atoms with E-state index in [1.165, 1.54) is 0 Å². The van der Waals surface area contributed by atoms with Crippen molar-refractivity contribution >= 4 is 11.6 Å². The third-order valence-electron chi connectivity index (χ3n) is 4.76. The summed E-state index contributed by atoms with van der Waals surface area (Å²) < 4.78 is 3.54. The molecule has 1 saturated heterocycles. The predicted octanol–water partition coefficient (Wildman–Crippen LogP) is 2.87. The summed E-state index contributed by atoms with van der Waals surface area (Å²) in [7, 11) is 0. The zero-order valence-electron chi connectivity index (χ0n) is 14.5. The molecule has 0 radical (unpaired) electrons. The first kappa shape index (κ1) is 15.8. The summed E-state index contributed by atoms with van der Waals surface area (Å²) in [6, 6.07) is 5.80. The van der Waals surface area contributed by atoms with Crippen LogP contribution in [0.25, 0.3) is 5.65 Å². The summed E-state index contributed by atoms with van der Waals surface area (Å²) in [5.41, 5.74) is 2.38. The fraction of sp³-hybridized carbons (Fsp3) is 0.444. The zero-order valence-corrected chi connectivity index (χ0v) is 14.5. The molecule has 0 aromatic carbocycles. The SMILES string of the molecule is CC(C)n1nccc1C(=O)N1CCCCC1c1ccn2nccc2n1. The van der Waals surface area contributed by atoms with Crippen LogP contribution in [-0.4, -0.2) is 41.7 Å². The summed E-state index contributed by atoms with van der Waals surface area (Å²) in [6.45, 7) is 4.82. The summed E-state index contributed by atoms with van der Waals surface area (Å²) in [5.74, 6) is 0.0334. The minimum absolute atomic E-state index is 0.00309. The summed E-state index contributed by atoms with van der Waals surface area (Å²) in [4.78, 5) is 19.9. The van der Waals surface area contributed by atoms with Crippen molar-refractivity contribution in [2.24, 2.45) is 0 Å². The lowest BCUT2D eigenvalue weighted by Gasteiger charge is -2.35. The maximum atomic E-state index is 13.2. The Morgan fingerprint density at radius 3 is 2.84 bits per heavy atom. The molecular formula is C18H22N6O. The van der Waals surface area contributed by atoms with Gasteiger partial charge in [-0.2, -0.15) is 10.2 Å². The van der Waals surface area contributed by atoms with E-state index in [2.05, 4.69) is 10.2 Å². The van der Waals surface area contributed by atoms with Crippen molar-refractivity contribution in [3.63, 3.8) is 0 Å². The highest BCUT2D eigenvalue weighted by atomic mass is 16.2. The van der Waals surface area contributed by atoms with Crippen LogP contribution in [0.15, 0.2) is 36.8 Å². The van der Waals surface area contributed by atoms with Gasteiger partial charge in [0.25, 0.3) is 5.91 Å². The molecule has 7 heteroatoms. The zero-order chi connectivity index (χ0) is 17.4.